The molecule has 1 rings (SSSR count). The zero-order chi connectivity index (χ0) is 12.0. The van der Waals surface area contributed by atoms with Crippen molar-refractivity contribution >= 4 is 0 Å². The molecule has 0 heterocycles. The predicted octanol–water partition coefficient (Wildman–Crippen LogP) is 3.07. The lowest BCUT2D eigenvalue weighted by Gasteiger charge is -2.17. The Morgan fingerprint density at radius 3 is 2.31 bits per heavy atom. The molecule has 0 amide bonds. The molecule has 2 heteroatoms. The smallest absolute Gasteiger partial charge is 0.0488 e. The highest BCUT2D eigenvalue weighted by atomic mass is 16.5. The minimum Gasteiger partial charge on any atom is -0.381 e. The Labute approximate surface area is 101 Å². The highest BCUT2D eigenvalue weighted by molar-refractivity contribution is 4.94. The van der Waals surface area contributed by atoms with E-state index in [1.165, 1.54) is 25.8 Å². The van der Waals surface area contributed by atoms with Gasteiger partial charge in [0.25, 0.3) is 0 Å². The number of hydrogen-bond donors (Lipinski definition) is 1. The van der Waals surface area contributed by atoms with Gasteiger partial charge < -0.3 is 10.1 Å². The van der Waals surface area contributed by atoms with Crippen LogP contribution in [0.3, 0.4) is 0 Å². The van der Waals surface area contributed by atoms with Crippen LogP contribution in [-0.4, -0.2) is 26.3 Å². The van der Waals surface area contributed by atoms with Gasteiger partial charge in [-0.1, -0.05) is 27.7 Å². The Morgan fingerprint density at radius 1 is 1.12 bits per heavy atom. The average molecular weight is 227 g/mol. The van der Waals surface area contributed by atoms with Crippen LogP contribution in [0.25, 0.3) is 0 Å². The Bertz CT molecular complexity index is 185. The molecule has 1 aliphatic carbocycles. The first kappa shape index (κ1) is 14.0. The molecule has 1 aliphatic rings. The van der Waals surface area contributed by atoms with E-state index in [0.717, 1.165) is 25.7 Å². The number of ether oxygens (including phenoxy) is 1. The minimum atomic E-state index is 0.589. The Balaban J connectivity index is 2.02. The summed E-state index contributed by atoms with van der Waals surface area (Å²) in [6.45, 7) is 13.1. The Morgan fingerprint density at radius 2 is 1.81 bits per heavy atom. The van der Waals surface area contributed by atoms with Gasteiger partial charge in [0.15, 0.2) is 0 Å². The first-order valence-corrected chi connectivity index (χ1v) is 6.82. The maximum Gasteiger partial charge on any atom is 0.0488 e. The van der Waals surface area contributed by atoms with Gasteiger partial charge in [-0.25, -0.2) is 0 Å². The molecule has 1 fully saturated rings. The van der Waals surface area contributed by atoms with Crippen molar-refractivity contribution in [3.63, 3.8) is 0 Å². The van der Waals surface area contributed by atoms with Crippen molar-refractivity contribution < 1.29 is 4.74 Å². The predicted molar refractivity (Wildman–Crippen MR) is 69.6 cm³/mol. The van der Waals surface area contributed by atoms with Crippen LogP contribution in [-0.2, 0) is 4.74 Å². The summed E-state index contributed by atoms with van der Waals surface area (Å²) in [7, 11) is 0. The van der Waals surface area contributed by atoms with Crippen molar-refractivity contribution in [2.24, 2.45) is 17.3 Å². The fraction of sp³-hybridized carbons (Fsp3) is 1.00. The van der Waals surface area contributed by atoms with Crippen LogP contribution >= 0.6 is 0 Å². The molecule has 0 saturated heterocycles. The fourth-order valence-corrected chi connectivity index (χ4v) is 1.93. The average Bonchev–Trinajstić information content (AvgIpc) is 2.93. The van der Waals surface area contributed by atoms with E-state index in [0.29, 0.717) is 11.3 Å². The summed E-state index contributed by atoms with van der Waals surface area (Å²) in [5, 5.41) is 3.58. The molecule has 0 atom stereocenters. The second-order valence-corrected chi connectivity index (χ2v) is 6.24. The van der Waals surface area contributed by atoms with Crippen molar-refractivity contribution in [1.82, 2.24) is 5.32 Å². The zero-order valence-electron chi connectivity index (χ0n) is 11.5. The standard InChI is InChI=1S/C14H29NO/c1-12(2)9-15-11-14(5-6-14)7-8-16-10-13(3)4/h12-13,15H,5-11H2,1-4H3. The molecule has 0 aliphatic heterocycles. The Kier molecular flexibility index (Phi) is 5.77. The van der Waals surface area contributed by atoms with Crippen LogP contribution in [0.5, 0.6) is 0 Å². The summed E-state index contributed by atoms with van der Waals surface area (Å²) < 4.78 is 5.67. The zero-order valence-corrected chi connectivity index (χ0v) is 11.5. The van der Waals surface area contributed by atoms with E-state index < -0.39 is 0 Å². The van der Waals surface area contributed by atoms with E-state index in [2.05, 4.69) is 33.0 Å². The van der Waals surface area contributed by atoms with E-state index >= 15 is 0 Å². The number of hydrogen-bond acceptors (Lipinski definition) is 2. The molecule has 16 heavy (non-hydrogen) atoms. The molecule has 0 spiro atoms. The van der Waals surface area contributed by atoms with E-state index in [9.17, 15) is 0 Å². The van der Waals surface area contributed by atoms with Gasteiger partial charge in [0.2, 0.25) is 0 Å². The van der Waals surface area contributed by atoms with E-state index in [-0.39, 0.29) is 0 Å². The van der Waals surface area contributed by atoms with Crippen LogP contribution in [0.15, 0.2) is 0 Å². The van der Waals surface area contributed by atoms with Crippen LogP contribution in [0.1, 0.15) is 47.0 Å². The molecule has 96 valence electrons. The third kappa shape index (κ3) is 5.86. The molecule has 0 aromatic carbocycles. The van der Waals surface area contributed by atoms with Crippen molar-refractivity contribution in [3.8, 4) is 0 Å². The fourth-order valence-electron chi connectivity index (χ4n) is 1.93. The van der Waals surface area contributed by atoms with E-state index in [1.807, 2.05) is 0 Å². The van der Waals surface area contributed by atoms with Gasteiger partial charge in [-0.15, -0.1) is 0 Å². The SMILES string of the molecule is CC(C)CNCC1(CCOCC(C)C)CC1. The van der Waals surface area contributed by atoms with E-state index in [1.54, 1.807) is 0 Å². The van der Waals surface area contributed by atoms with Gasteiger partial charge in [-0.2, -0.15) is 0 Å². The first-order chi connectivity index (χ1) is 7.54. The van der Waals surface area contributed by atoms with Gasteiger partial charge in [-0.3, -0.25) is 0 Å². The molecule has 0 unspecified atom stereocenters. The quantitative estimate of drug-likeness (QED) is 0.611. The second kappa shape index (κ2) is 6.61. The van der Waals surface area contributed by atoms with Crippen LogP contribution < -0.4 is 5.32 Å². The number of nitrogens with one attached hydrogen (secondary N) is 1. The molecule has 0 radical (unpaired) electrons. The van der Waals surface area contributed by atoms with Gasteiger partial charge >= 0.3 is 0 Å². The van der Waals surface area contributed by atoms with Crippen molar-refractivity contribution in [2.75, 3.05) is 26.3 Å². The molecule has 1 saturated carbocycles. The molecule has 1 N–H and O–H groups in total. The van der Waals surface area contributed by atoms with Crippen LogP contribution in [0, 0.1) is 17.3 Å². The minimum absolute atomic E-state index is 0.589. The third-order valence-corrected chi connectivity index (χ3v) is 3.24. The van der Waals surface area contributed by atoms with E-state index in [4.69, 9.17) is 4.74 Å². The normalized spacial score (nSPS) is 18.4. The highest BCUT2D eigenvalue weighted by Crippen LogP contribution is 2.48. The largest absolute Gasteiger partial charge is 0.381 e. The summed E-state index contributed by atoms with van der Waals surface area (Å²) in [6, 6.07) is 0. The summed E-state index contributed by atoms with van der Waals surface area (Å²) in [6.07, 6.45) is 4.02. The Hall–Kier alpha value is -0.0800. The third-order valence-electron chi connectivity index (χ3n) is 3.24. The van der Waals surface area contributed by atoms with Crippen molar-refractivity contribution in [3.05, 3.63) is 0 Å². The summed E-state index contributed by atoms with van der Waals surface area (Å²) in [5.74, 6) is 1.42. The highest BCUT2D eigenvalue weighted by Gasteiger charge is 2.41. The summed E-state index contributed by atoms with van der Waals surface area (Å²) in [5.41, 5.74) is 0.589. The summed E-state index contributed by atoms with van der Waals surface area (Å²) >= 11 is 0. The monoisotopic (exact) mass is 227 g/mol. The van der Waals surface area contributed by atoms with Crippen LogP contribution in [0.2, 0.25) is 0 Å². The molecular formula is C14H29NO. The molecule has 0 aromatic rings. The first-order valence-electron chi connectivity index (χ1n) is 6.82. The lowest BCUT2D eigenvalue weighted by molar-refractivity contribution is 0.0946. The summed E-state index contributed by atoms with van der Waals surface area (Å²) in [4.78, 5) is 0. The van der Waals surface area contributed by atoms with Crippen LogP contribution in [0.4, 0.5) is 0 Å². The van der Waals surface area contributed by atoms with Crippen molar-refractivity contribution in [1.29, 1.82) is 0 Å². The number of rotatable bonds is 9. The van der Waals surface area contributed by atoms with Gasteiger partial charge in [-0.05, 0) is 43.1 Å². The molecule has 2 nitrogen and oxygen atoms in total. The second-order valence-electron chi connectivity index (χ2n) is 6.24. The maximum atomic E-state index is 5.67. The molecular weight excluding hydrogens is 198 g/mol. The molecule has 0 aromatic heterocycles. The topological polar surface area (TPSA) is 21.3 Å². The van der Waals surface area contributed by atoms with Gasteiger partial charge in [0.1, 0.15) is 0 Å². The molecule has 0 bridgehead atoms. The maximum absolute atomic E-state index is 5.67. The van der Waals surface area contributed by atoms with Crippen molar-refractivity contribution in [2.45, 2.75) is 47.0 Å². The van der Waals surface area contributed by atoms with Gasteiger partial charge in [0.05, 0.1) is 0 Å². The van der Waals surface area contributed by atoms with Gasteiger partial charge in [0, 0.05) is 19.8 Å². The lowest BCUT2D eigenvalue weighted by Crippen LogP contribution is -2.28. The lowest BCUT2D eigenvalue weighted by atomic mass is 10.0.